The third-order valence-electron chi connectivity index (χ3n) is 4.54. The smallest absolute Gasteiger partial charge is 0.213 e. The summed E-state index contributed by atoms with van der Waals surface area (Å²) in [6.45, 7) is 0.983. The number of benzene rings is 1. The molecule has 1 unspecified atom stereocenters. The Morgan fingerprint density at radius 3 is 2.74 bits per heavy atom. The maximum atomic E-state index is 11.9. The lowest BCUT2D eigenvalue weighted by Crippen LogP contribution is -2.38. The van der Waals surface area contributed by atoms with Crippen LogP contribution in [0.2, 0.25) is 5.02 Å². The number of nitrogens with zero attached hydrogens (tertiary/aromatic N) is 5. The highest BCUT2D eigenvalue weighted by Crippen LogP contribution is 2.28. The van der Waals surface area contributed by atoms with Crippen molar-refractivity contribution >= 4 is 50.1 Å². The number of sulfonamides is 1. The first-order valence-corrected chi connectivity index (χ1v) is 11.6. The van der Waals surface area contributed by atoms with Crippen molar-refractivity contribution in [1.29, 1.82) is 0 Å². The molecule has 0 N–H and O–H groups in total. The van der Waals surface area contributed by atoms with E-state index in [9.17, 15) is 8.42 Å². The minimum absolute atomic E-state index is 0.00123. The Morgan fingerprint density at radius 1 is 1.22 bits per heavy atom. The maximum Gasteiger partial charge on any atom is 0.234 e. The normalized spacial score (nSPS) is 19.3. The van der Waals surface area contributed by atoms with E-state index in [0.29, 0.717) is 23.1 Å². The lowest BCUT2D eigenvalue weighted by Gasteiger charge is -2.29. The minimum atomic E-state index is -3.20. The molecule has 0 radical (unpaired) electrons. The summed E-state index contributed by atoms with van der Waals surface area (Å²) < 4.78 is 27.0. The SMILES string of the molecule is CS(=O)(=O)N1CCCC(c2nnc3sc(/C=C/c4ccc(Cl)cc4)nn23)C1. The van der Waals surface area contributed by atoms with Crippen LogP contribution in [0.4, 0.5) is 0 Å². The highest BCUT2D eigenvalue weighted by atomic mass is 35.5. The van der Waals surface area contributed by atoms with Gasteiger partial charge >= 0.3 is 0 Å². The van der Waals surface area contributed by atoms with E-state index in [1.54, 1.807) is 4.52 Å². The average molecular weight is 424 g/mol. The number of aromatic nitrogens is 4. The van der Waals surface area contributed by atoms with Crippen LogP contribution in [-0.2, 0) is 10.0 Å². The molecule has 27 heavy (non-hydrogen) atoms. The molecule has 1 atom stereocenters. The fourth-order valence-corrected chi connectivity index (χ4v) is 4.95. The Bertz CT molecular complexity index is 1090. The molecule has 3 heterocycles. The number of rotatable bonds is 4. The highest BCUT2D eigenvalue weighted by Gasteiger charge is 2.30. The molecular weight excluding hydrogens is 406 g/mol. The van der Waals surface area contributed by atoms with E-state index in [1.165, 1.54) is 21.9 Å². The molecule has 0 bridgehead atoms. The quantitative estimate of drug-likeness (QED) is 0.643. The van der Waals surface area contributed by atoms with E-state index < -0.39 is 10.0 Å². The van der Waals surface area contributed by atoms with Gasteiger partial charge in [-0.2, -0.15) is 9.61 Å². The van der Waals surface area contributed by atoms with Gasteiger partial charge in [-0.25, -0.2) is 12.7 Å². The fraction of sp³-hybridized carbons (Fsp3) is 0.353. The Balaban J connectivity index is 1.58. The van der Waals surface area contributed by atoms with Crippen LogP contribution in [0, 0.1) is 0 Å². The molecule has 1 saturated heterocycles. The average Bonchev–Trinajstić information content (AvgIpc) is 3.21. The Kier molecular flexibility index (Phi) is 5.02. The van der Waals surface area contributed by atoms with E-state index in [1.807, 2.05) is 36.4 Å². The molecule has 1 fully saturated rings. The van der Waals surface area contributed by atoms with Crippen LogP contribution < -0.4 is 0 Å². The summed E-state index contributed by atoms with van der Waals surface area (Å²) >= 11 is 7.35. The van der Waals surface area contributed by atoms with E-state index in [0.717, 1.165) is 29.2 Å². The van der Waals surface area contributed by atoms with Crippen molar-refractivity contribution in [2.24, 2.45) is 0 Å². The number of halogens is 1. The van der Waals surface area contributed by atoms with E-state index in [2.05, 4.69) is 15.3 Å². The van der Waals surface area contributed by atoms with Gasteiger partial charge in [0.2, 0.25) is 15.0 Å². The summed E-state index contributed by atoms with van der Waals surface area (Å²) in [6, 6.07) is 7.56. The number of hydrogen-bond acceptors (Lipinski definition) is 6. The molecule has 4 rings (SSSR count). The summed E-state index contributed by atoms with van der Waals surface area (Å²) in [5, 5.41) is 14.6. The summed E-state index contributed by atoms with van der Waals surface area (Å²) in [5.41, 5.74) is 1.03. The molecule has 142 valence electrons. The molecule has 2 aromatic heterocycles. The van der Waals surface area contributed by atoms with Crippen LogP contribution in [0.15, 0.2) is 24.3 Å². The van der Waals surface area contributed by atoms with Gasteiger partial charge in [0.15, 0.2) is 5.82 Å². The summed E-state index contributed by atoms with van der Waals surface area (Å²) in [7, 11) is -3.20. The van der Waals surface area contributed by atoms with E-state index >= 15 is 0 Å². The molecule has 1 aliphatic heterocycles. The molecule has 0 aliphatic carbocycles. The van der Waals surface area contributed by atoms with Crippen molar-refractivity contribution in [1.82, 2.24) is 24.1 Å². The van der Waals surface area contributed by atoms with E-state index in [-0.39, 0.29) is 5.92 Å². The van der Waals surface area contributed by atoms with Gasteiger partial charge in [-0.1, -0.05) is 41.1 Å². The summed E-state index contributed by atoms with van der Waals surface area (Å²) in [6.07, 6.45) is 6.82. The summed E-state index contributed by atoms with van der Waals surface area (Å²) in [5.74, 6) is 0.722. The summed E-state index contributed by atoms with van der Waals surface area (Å²) in [4.78, 5) is 0.706. The van der Waals surface area contributed by atoms with Gasteiger partial charge < -0.3 is 0 Å². The van der Waals surface area contributed by atoms with Crippen molar-refractivity contribution < 1.29 is 8.42 Å². The van der Waals surface area contributed by atoms with Crippen LogP contribution in [0.5, 0.6) is 0 Å². The third-order valence-corrected chi connectivity index (χ3v) is 6.92. The first-order valence-electron chi connectivity index (χ1n) is 8.51. The van der Waals surface area contributed by atoms with Crippen LogP contribution in [0.25, 0.3) is 17.1 Å². The van der Waals surface area contributed by atoms with Gasteiger partial charge in [-0.15, -0.1) is 10.2 Å². The number of fused-ring (bicyclic) bond motifs is 1. The Morgan fingerprint density at radius 2 is 2.00 bits per heavy atom. The lowest BCUT2D eigenvalue weighted by molar-refractivity contribution is 0.309. The van der Waals surface area contributed by atoms with Crippen molar-refractivity contribution in [3.05, 3.63) is 45.7 Å². The Labute approximate surface area is 166 Å². The van der Waals surface area contributed by atoms with Crippen molar-refractivity contribution in [2.75, 3.05) is 19.3 Å². The molecule has 0 amide bonds. The predicted molar refractivity (Wildman–Crippen MR) is 107 cm³/mol. The largest absolute Gasteiger partial charge is 0.234 e. The van der Waals surface area contributed by atoms with Gasteiger partial charge in [-0.05, 0) is 36.6 Å². The zero-order valence-corrected chi connectivity index (χ0v) is 17.0. The molecule has 10 heteroatoms. The highest BCUT2D eigenvalue weighted by molar-refractivity contribution is 7.88. The number of hydrogen-bond donors (Lipinski definition) is 0. The maximum absolute atomic E-state index is 11.9. The third kappa shape index (κ3) is 4.06. The molecule has 0 spiro atoms. The fourth-order valence-electron chi connectivity index (χ4n) is 3.16. The first kappa shape index (κ1) is 18.5. The standard InChI is InChI=1S/C17H18ClN5O2S2/c1-27(24,25)22-10-2-3-13(11-22)16-19-20-17-23(16)21-15(26-17)9-6-12-4-7-14(18)8-5-12/h4-9,13H,2-3,10-11H2,1H3/b9-6+. The lowest BCUT2D eigenvalue weighted by atomic mass is 9.99. The van der Waals surface area contributed by atoms with Gasteiger partial charge in [0.25, 0.3) is 0 Å². The van der Waals surface area contributed by atoms with E-state index in [4.69, 9.17) is 11.6 Å². The van der Waals surface area contributed by atoms with Crippen LogP contribution in [0.1, 0.15) is 35.2 Å². The van der Waals surface area contributed by atoms with Gasteiger partial charge in [-0.3, -0.25) is 0 Å². The monoisotopic (exact) mass is 423 g/mol. The predicted octanol–water partition coefficient (Wildman–Crippen LogP) is 3.15. The van der Waals surface area contributed by atoms with Crippen LogP contribution in [-0.4, -0.2) is 51.9 Å². The molecule has 1 aromatic carbocycles. The molecule has 3 aromatic rings. The first-order chi connectivity index (χ1) is 12.9. The molecular formula is C17H18ClN5O2S2. The topological polar surface area (TPSA) is 80.5 Å². The van der Waals surface area contributed by atoms with Crippen molar-refractivity contribution in [3.63, 3.8) is 0 Å². The van der Waals surface area contributed by atoms with Crippen molar-refractivity contribution in [2.45, 2.75) is 18.8 Å². The zero-order chi connectivity index (χ0) is 19.0. The zero-order valence-electron chi connectivity index (χ0n) is 14.6. The molecule has 0 saturated carbocycles. The van der Waals surface area contributed by atoms with Gasteiger partial charge in [0, 0.05) is 24.0 Å². The van der Waals surface area contributed by atoms with Gasteiger partial charge in [0.05, 0.1) is 6.26 Å². The molecule has 7 nitrogen and oxygen atoms in total. The van der Waals surface area contributed by atoms with Crippen LogP contribution >= 0.6 is 22.9 Å². The number of piperidine rings is 1. The van der Waals surface area contributed by atoms with Crippen molar-refractivity contribution in [3.8, 4) is 0 Å². The Hall–Kier alpha value is -1.81. The molecule has 1 aliphatic rings. The van der Waals surface area contributed by atoms with Gasteiger partial charge in [0.1, 0.15) is 5.01 Å². The minimum Gasteiger partial charge on any atom is -0.213 e. The second-order valence-electron chi connectivity index (χ2n) is 6.54. The van der Waals surface area contributed by atoms with Crippen LogP contribution in [0.3, 0.4) is 0 Å². The second kappa shape index (κ2) is 7.31. The second-order valence-corrected chi connectivity index (χ2v) is 9.94.